The largest absolute Gasteiger partial charge is 0.418 e. The van der Waals surface area contributed by atoms with Crippen molar-refractivity contribution in [3.05, 3.63) is 48.0 Å². The Bertz CT molecular complexity index is 434. The van der Waals surface area contributed by atoms with Gasteiger partial charge in [0.15, 0.2) is 6.10 Å². The molecule has 0 fully saturated rings. The Morgan fingerprint density at radius 1 is 0.938 bits per heavy atom. The molecule has 0 saturated carbocycles. The van der Waals surface area contributed by atoms with Crippen molar-refractivity contribution < 1.29 is 18.3 Å². The summed E-state index contributed by atoms with van der Waals surface area (Å²) < 4.78 is 36.9. The van der Waals surface area contributed by atoms with E-state index in [0.717, 1.165) is 0 Å². The van der Waals surface area contributed by atoms with Crippen LogP contribution in [0.4, 0.5) is 13.2 Å². The average Bonchev–Trinajstić information content (AvgIpc) is 2.47. The van der Waals surface area contributed by atoms with E-state index < -0.39 is 12.3 Å². The normalized spacial score (nSPS) is 14.0. The fraction of sp³-hybridized carbons (Fsp3) is 0.167. The maximum Gasteiger partial charge on any atom is 0.418 e. The van der Waals surface area contributed by atoms with Gasteiger partial charge in [-0.2, -0.15) is 13.2 Å². The predicted molar refractivity (Wildman–Crippen MR) is 54.1 cm³/mol. The van der Waals surface area contributed by atoms with Gasteiger partial charge in [-0.05, 0) is 28.8 Å². The standard InChI is InChI=1S/C12H9F3O/c13-12(14,15)11(16)10-6-8-4-2-1-3-5-9(8)7-10/h1-7,11,16H/t11-/m1/s1. The molecule has 0 bridgehead atoms. The highest BCUT2D eigenvalue weighted by atomic mass is 19.4. The van der Waals surface area contributed by atoms with E-state index in [0.29, 0.717) is 11.1 Å². The summed E-state index contributed by atoms with van der Waals surface area (Å²) in [5.41, 5.74) is 1.25. The summed E-state index contributed by atoms with van der Waals surface area (Å²) in [4.78, 5) is 0. The molecule has 1 N–H and O–H groups in total. The molecular formula is C12H9F3O. The molecule has 0 radical (unpaired) electrons. The number of fused-ring (bicyclic) bond motifs is 1. The van der Waals surface area contributed by atoms with Gasteiger partial charge >= 0.3 is 6.18 Å². The van der Waals surface area contributed by atoms with Gasteiger partial charge in [-0.3, -0.25) is 0 Å². The molecule has 0 aromatic carbocycles. The van der Waals surface area contributed by atoms with Crippen LogP contribution in [0.2, 0.25) is 0 Å². The fourth-order valence-electron chi connectivity index (χ4n) is 1.59. The van der Waals surface area contributed by atoms with Crippen molar-refractivity contribution in [3.63, 3.8) is 0 Å². The Morgan fingerprint density at radius 3 is 1.88 bits per heavy atom. The monoisotopic (exact) mass is 226 g/mol. The van der Waals surface area contributed by atoms with Crippen LogP contribution in [0.3, 0.4) is 0 Å². The van der Waals surface area contributed by atoms with Gasteiger partial charge in [0.1, 0.15) is 0 Å². The van der Waals surface area contributed by atoms with E-state index in [-0.39, 0.29) is 5.56 Å². The minimum Gasteiger partial charge on any atom is -0.379 e. The molecule has 1 nitrogen and oxygen atoms in total. The third-order valence-electron chi connectivity index (χ3n) is 2.38. The maximum absolute atomic E-state index is 12.3. The zero-order valence-corrected chi connectivity index (χ0v) is 8.20. The number of aliphatic hydroxyl groups excluding tert-OH is 1. The number of rotatable bonds is 1. The van der Waals surface area contributed by atoms with E-state index >= 15 is 0 Å². The molecule has 0 saturated heterocycles. The van der Waals surface area contributed by atoms with Gasteiger partial charge in [0.05, 0.1) is 0 Å². The Morgan fingerprint density at radius 2 is 1.44 bits per heavy atom. The summed E-state index contributed by atoms with van der Waals surface area (Å²) in [7, 11) is 0. The van der Waals surface area contributed by atoms with Crippen LogP contribution in [-0.4, -0.2) is 11.3 Å². The molecule has 0 unspecified atom stereocenters. The van der Waals surface area contributed by atoms with Gasteiger partial charge in [-0.1, -0.05) is 30.3 Å². The third-order valence-corrected chi connectivity index (χ3v) is 2.38. The first-order valence-corrected chi connectivity index (χ1v) is 4.72. The van der Waals surface area contributed by atoms with E-state index in [4.69, 9.17) is 5.11 Å². The molecule has 0 amide bonds. The van der Waals surface area contributed by atoms with Crippen molar-refractivity contribution in [2.24, 2.45) is 0 Å². The molecule has 0 aromatic rings. The summed E-state index contributed by atoms with van der Waals surface area (Å²) in [5.74, 6) is 0. The summed E-state index contributed by atoms with van der Waals surface area (Å²) in [6.45, 7) is 0. The van der Waals surface area contributed by atoms with Gasteiger partial charge < -0.3 is 5.11 Å². The third kappa shape index (κ3) is 2.02. The van der Waals surface area contributed by atoms with Gasteiger partial charge in [0.2, 0.25) is 0 Å². The maximum atomic E-state index is 12.3. The smallest absolute Gasteiger partial charge is 0.379 e. The molecule has 0 aliphatic heterocycles. The lowest BCUT2D eigenvalue weighted by Gasteiger charge is -2.12. The number of halogens is 3. The predicted octanol–water partition coefficient (Wildman–Crippen LogP) is 3.39. The lowest BCUT2D eigenvalue weighted by atomic mass is 10.2. The van der Waals surface area contributed by atoms with Crippen LogP contribution in [0.25, 0.3) is 11.1 Å². The average molecular weight is 226 g/mol. The van der Waals surface area contributed by atoms with Crippen molar-refractivity contribution in [1.29, 1.82) is 0 Å². The van der Waals surface area contributed by atoms with Crippen molar-refractivity contribution in [2.45, 2.75) is 12.3 Å². The number of aliphatic hydroxyl groups is 1. The Kier molecular flexibility index (Phi) is 2.59. The van der Waals surface area contributed by atoms with Gasteiger partial charge in [-0.25, -0.2) is 0 Å². The van der Waals surface area contributed by atoms with Gasteiger partial charge in [0.25, 0.3) is 0 Å². The van der Waals surface area contributed by atoms with Crippen LogP contribution in [0.1, 0.15) is 11.7 Å². The quantitative estimate of drug-likeness (QED) is 0.790. The van der Waals surface area contributed by atoms with Crippen LogP contribution in [0.5, 0.6) is 0 Å². The molecule has 2 rings (SSSR count). The second-order valence-corrected chi connectivity index (χ2v) is 3.55. The molecular weight excluding hydrogens is 217 g/mol. The zero-order chi connectivity index (χ0) is 11.8. The summed E-state index contributed by atoms with van der Waals surface area (Å²) >= 11 is 0. The van der Waals surface area contributed by atoms with Gasteiger partial charge in [0, 0.05) is 0 Å². The van der Waals surface area contributed by atoms with Crippen LogP contribution >= 0.6 is 0 Å². The molecule has 0 aromatic heterocycles. The van der Waals surface area contributed by atoms with E-state index in [1.54, 1.807) is 30.3 Å². The minimum atomic E-state index is -4.62. The Balaban J connectivity index is 2.45. The van der Waals surface area contributed by atoms with Gasteiger partial charge in [-0.15, -0.1) is 0 Å². The van der Waals surface area contributed by atoms with Crippen molar-refractivity contribution in [3.8, 4) is 11.1 Å². The summed E-state index contributed by atoms with van der Waals surface area (Å²) in [6.07, 6.45) is -7.03. The molecule has 1 atom stereocenters. The Labute approximate surface area is 90.5 Å². The van der Waals surface area contributed by atoms with Crippen LogP contribution in [0, 0.1) is 0 Å². The highest BCUT2D eigenvalue weighted by Crippen LogP contribution is 2.36. The lowest BCUT2D eigenvalue weighted by molar-refractivity contribution is -0.206. The summed E-state index contributed by atoms with van der Waals surface area (Å²) in [6, 6.07) is 11.4. The highest BCUT2D eigenvalue weighted by Gasteiger charge is 2.39. The summed E-state index contributed by atoms with van der Waals surface area (Å²) in [5, 5.41) is 9.10. The topological polar surface area (TPSA) is 20.2 Å². The molecule has 16 heavy (non-hydrogen) atoms. The first-order chi connectivity index (χ1) is 7.48. The number of hydrogen-bond donors (Lipinski definition) is 1. The molecule has 4 heteroatoms. The highest BCUT2D eigenvalue weighted by molar-refractivity contribution is 5.68. The number of hydrogen-bond acceptors (Lipinski definition) is 1. The Hall–Kier alpha value is -1.55. The van der Waals surface area contributed by atoms with E-state index in [1.165, 1.54) is 12.1 Å². The fourth-order valence-corrected chi connectivity index (χ4v) is 1.59. The molecule has 0 heterocycles. The van der Waals surface area contributed by atoms with Crippen molar-refractivity contribution in [1.82, 2.24) is 0 Å². The van der Waals surface area contributed by atoms with Crippen molar-refractivity contribution >= 4 is 0 Å². The van der Waals surface area contributed by atoms with Crippen molar-refractivity contribution in [2.75, 3.05) is 0 Å². The van der Waals surface area contributed by atoms with E-state index in [1.807, 2.05) is 0 Å². The van der Waals surface area contributed by atoms with E-state index in [9.17, 15) is 13.2 Å². The minimum absolute atomic E-state index is 0.117. The first kappa shape index (κ1) is 11.0. The molecule has 2 aliphatic rings. The zero-order valence-electron chi connectivity index (χ0n) is 8.20. The van der Waals surface area contributed by atoms with Crippen LogP contribution in [0.15, 0.2) is 42.5 Å². The molecule has 2 aliphatic carbocycles. The van der Waals surface area contributed by atoms with Crippen LogP contribution in [-0.2, 0) is 0 Å². The second-order valence-electron chi connectivity index (χ2n) is 3.55. The van der Waals surface area contributed by atoms with E-state index in [2.05, 4.69) is 0 Å². The molecule has 0 spiro atoms. The SMILES string of the molecule is O[C@H](c1cc2cccccc-2c1)C(F)(F)F. The van der Waals surface area contributed by atoms with Crippen LogP contribution < -0.4 is 0 Å². The molecule has 84 valence electrons. The lowest BCUT2D eigenvalue weighted by Crippen LogP contribution is -2.19. The second kappa shape index (κ2) is 3.79. The first-order valence-electron chi connectivity index (χ1n) is 4.72. The number of alkyl halides is 3.